The number of carbonyl (C=O) groups is 2. The quantitative estimate of drug-likeness (QED) is 0.107. The molecule has 0 amide bonds. The predicted molar refractivity (Wildman–Crippen MR) is 180 cm³/mol. The molecule has 8 aromatic rings. The van der Waals surface area contributed by atoms with Crippen molar-refractivity contribution in [2.75, 3.05) is 0 Å². The minimum absolute atomic E-state index is 0. The molecule has 0 spiro atoms. The molecule has 9 heteroatoms. The fourth-order valence-corrected chi connectivity index (χ4v) is 5.38. The second-order valence-electron chi connectivity index (χ2n) is 10.8. The van der Waals surface area contributed by atoms with Gasteiger partial charge < -0.3 is 19.7 Å². The van der Waals surface area contributed by atoms with E-state index in [1.54, 1.807) is 48.8 Å². The number of carbonyl (C=O) groups excluding carboxylic acids is 2. The zero-order valence-electron chi connectivity index (χ0n) is 25.5. The van der Waals surface area contributed by atoms with Crippen LogP contribution in [-0.4, -0.2) is 21.9 Å². The number of esters is 2. The number of nitrogens with zero attached hydrogens (tertiary/aromatic N) is 2. The third kappa shape index (κ3) is 6.89. The van der Waals surface area contributed by atoms with Crippen molar-refractivity contribution in [2.24, 2.45) is 0 Å². The Labute approximate surface area is 290 Å². The number of benzene rings is 6. The van der Waals surface area contributed by atoms with Gasteiger partial charge in [-0.25, -0.2) is 9.59 Å². The van der Waals surface area contributed by atoms with E-state index < -0.39 is 11.9 Å². The van der Waals surface area contributed by atoms with Crippen LogP contribution in [0.3, 0.4) is 0 Å². The van der Waals surface area contributed by atoms with Crippen LogP contribution in [0.4, 0.5) is 0 Å². The Bertz CT molecular complexity index is 2320. The number of aromatic nitrogens is 2. The van der Waals surface area contributed by atoms with Crippen LogP contribution in [-0.2, 0) is 17.1 Å². The van der Waals surface area contributed by atoms with Crippen molar-refractivity contribution in [3.8, 4) is 23.0 Å². The summed E-state index contributed by atoms with van der Waals surface area (Å²) in [5, 5.41) is 29.4. The van der Waals surface area contributed by atoms with E-state index in [4.69, 9.17) is 9.47 Å². The smallest absolute Gasteiger partial charge is 0.872 e. The van der Waals surface area contributed by atoms with E-state index in [0.717, 1.165) is 32.3 Å². The van der Waals surface area contributed by atoms with Gasteiger partial charge in [0.25, 0.3) is 0 Å². The second-order valence-corrected chi connectivity index (χ2v) is 10.8. The summed E-state index contributed by atoms with van der Waals surface area (Å²) in [5.74, 6) is -1.39. The van der Waals surface area contributed by atoms with Crippen LogP contribution in [0.15, 0.2) is 146 Å². The van der Waals surface area contributed by atoms with Crippen molar-refractivity contribution in [3.05, 3.63) is 157 Å². The molecule has 2 aromatic heterocycles. The molecular weight excluding hydrogens is 668 g/mol. The zero-order chi connectivity index (χ0) is 33.0. The first-order chi connectivity index (χ1) is 23.4. The van der Waals surface area contributed by atoms with Gasteiger partial charge in [-0.05, 0) is 57.9 Å². The van der Waals surface area contributed by atoms with Crippen LogP contribution < -0.4 is 19.7 Å². The average Bonchev–Trinajstić information content (AvgIpc) is 3.11. The van der Waals surface area contributed by atoms with Crippen LogP contribution in [0.2, 0.25) is 0 Å². The van der Waals surface area contributed by atoms with Crippen molar-refractivity contribution in [3.63, 3.8) is 0 Å². The van der Waals surface area contributed by atoms with Crippen LogP contribution in [0, 0.1) is 0 Å². The van der Waals surface area contributed by atoms with Gasteiger partial charge >= 0.3 is 29.0 Å². The molecule has 0 aliphatic rings. The Morgan fingerprint density at radius 1 is 0.449 bits per heavy atom. The molecule has 0 bridgehead atoms. The van der Waals surface area contributed by atoms with E-state index in [2.05, 4.69) is 9.97 Å². The maximum absolute atomic E-state index is 12.5. The molecule has 2 heterocycles. The molecule has 6 aromatic carbocycles. The van der Waals surface area contributed by atoms with Gasteiger partial charge in [-0.2, -0.15) is 0 Å². The van der Waals surface area contributed by atoms with Gasteiger partial charge in [-0.15, -0.1) is 0 Å². The van der Waals surface area contributed by atoms with Gasteiger partial charge in [0.15, 0.2) is 11.5 Å². The largest absolute Gasteiger partial charge is 2.00 e. The fourth-order valence-electron chi connectivity index (χ4n) is 5.38. The van der Waals surface area contributed by atoms with Gasteiger partial charge in [0.2, 0.25) is 0 Å². The number of fused-ring (bicyclic) bond motifs is 4. The van der Waals surface area contributed by atoms with Gasteiger partial charge in [-0.3, -0.25) is 9.97 Å². The molecule has 241 valence electrons. The molecule has 8 nitrogen and oxygen atoms in total. The van der Waals surface area contributed by atoms with E-state index in [0.29, 0.717) is 22.5 Å². The third-order valence-electron chi connectivity index (χ3n) is 7.73. The van der Waals surface area contributed by atoms with E-state index in [-0.39, 0.29) is 39.7 Å². The molecule has 0 aliphatic carbocycles. The maximum Gasteiger partial charge on any atom is 2.00 e. The maximum atomic E-state index is 12.5. The number of hydrogen-bond acceptors (Lipinski definition) is 8. The summed E-state index contributed by atoms with van der Waals surface area (Å²) in [6, 6.07) is 38.9. The van der Waals surface area contributed by atoms with Crippen LogP contribution >= 0.6 is 0 Å². The molecule has 0 saturated heterocycles. The number of hydrogen-bond donors (Lipinski definition) is 0. The molecule has 0 aliphatic heterocycles. The first-order valence-electron chi connectivity index (χ1n) is 15.0. The summed E-state index contributed by atoms with van der Waals surface area (Å²) in [6.07, 6.45) is 3.27. The van der Waals surface area contributed by atoms with Crippen LogP contribution in [0.1, 0.15) is 20.7 Å². The molecule has 0 atom stereocenters. The average molecular weight is 692 g/mol. The Hall–Kier alpha value is -6.28. The van der Waals surface area contributed by atoms with Crippen LogP contribution in [0.25, 0.3) is 43.4 Å². The van der Waals surface area contributed by atoms with Crippen molar-refractivity contribution in [1.29, 1.82) is 0 Å². The molecule has 0 unspecified atom stereocenters. The monoisotopic (exact) mass is 691 g/mol. The minimum atomic E-state index is -0.677. The van der Waals surface area contributed by atoms with Crippen molar-refractivity contribution in [1.82, 2.24) is 9.97 Å². The summed E-state index contributed by atoms with van der Waals surface area (Å²) < 4.78 is 10.9. The molecule has 0 N–H and O–H groups in total. The Balaban J connectivity index is 0.000000167. The van der Waals surface area contributed by atoms with Gasteiger partial charge in [-0.1, -0.05) is 109 Å². The molecule has 0 fully saturated rings. The van der Waals surface area contributed by atoms with E-state index in [1.807, 2.05) is 84.9 Å². The minimum Gasteiger partial charge on any atom is -0.872 e. The van der Waals surface area contributed by atoms with Gasteiger partial charge in [0.1, 0.15) is 11.0 Å². The van der Waals surface area contributed by atoms with Crippen molar-refractivity contribution >= 4 is 55.3 Å². The zero-order valence-corrected chi connectivity index (χ0v) is 26.4. The molecule has 0 saturated carbocycles. The summed E-state index contributed by atoms with van der Waals surface area (Å²) >= 11 is 0. The number of para-hydroxylation sites is 2. The summed E-state index contributed by atoms with van der Waals surface area (Å²) in [6.45, 7) is 0. The summed E-state index contributed by atoms with van der Waals surface area (Å²) in [5.41, 5.74) is 1.20. The SMILES string of the molecule is O=C(Oc1cccc2cccnc12)c1cc2ccccc2cc1[O-].O=C(Oc1cccc2cccnc12)c1cc2ccccc2cc1[O-].[Cu+2]. The molecular formula is C40H24CuN2O6. The Kier molecular flexibility index (Phi) is 9.48. The Morgan fingerprint density at radius 3 is 1.20 bits per heavy atom. The van der Waals surface area contributed by atoms with Crippen LogP contribution in [0.5, 0.6) is 23.0 Å². The normalized spacial score (nSPS) is 10.6. The second kappa shape index (κ2) is 14.2. The topological polar surface area (TPSA) is 124 Å². The third-order valence-corrected chi connectivity index (χ3v) is 7.73. The summed E-state index contributed by atoms with van der Waals surface area (Å²) in [4.78, 5) is 33.4. The molecule has 49 heavy (non-hydrogen) atoms. The standard InChI is InChI=1S/2C20H13NO3.Cu/c2*22-17-12-15-6-2-1-5-14(15)11-16(17)20(23)24-18-9-3-7-13-8-4-10-21-19(13)18;/h2*1-12,22H;/q;;+2/p-2. The number of rotatable bonds is 4. The first kappa shape index (κ1) is 32.7. The molecule has 8 rings (SSSR count). The van der Waals surface area contributed by atoms with Gasteiger partial charge in [0, 0.05) is 23.2 Å². The van der Waals surface area contributed by atoms with E-state index in [1.165, 1.54) is 12.1 Å². The number of pyridine rings is 2. The van der Waals surface area contributed by atoms with E-state index >= 15 is 0 Å². The molecule has 1 radical (unpaired) electrons. The van der Waals surface area contributed by atoms with Crippen molar-refractivity contribution in [2.45, 2.75) is 0 Å². The number of ether oxygens (including phenoxy) is 2. The predicted octanol–water partition coefficient (Wildman–Crippen LogP) is 7.36. The van der Waals surface area contributed by atoms with E-state index in [9.17, 15) is 19.8 Å². The van der Waals surface area contributed by atoms with Crippen molar-refractivity contribution < 1.29 is 46.3 Å². The summed E-state index contributed by atoms with van der Waals surface area (Å²) in [7, 11) is 0. The van der Waals surface area contributed by atoms with Gasteiger partial charge in [0.05, 0.1) is 11.1 Å². The Morgan fingerprint density at radius 2 is 0.796 bits per heavy atom. The first-order valence-corrected chi connectivity index (χ1v) is 15.0. The fraction of sp³-hybridized carbons (Fsp3) is 0.